The Bertz CT molecular complexity index is 688. The van der Waals surface area contributed by atoms with Crippen LogP contribution in [0.2, 0.25) is 0 Å². The van der Waals surface area contributed by atoms with E-state index in [2.05, 4.69) is 10.6 Å². The van der Waals surface area contributed by atoms with E-state index in [1.165, 1.54) is 14.2 Å². The van der Waals surface area contributed by atoms with E-state index in [9.17, 15) is 9.59 Å². The molecule has 1 unspecified atom stereocenters. The summed E-state index contributed by atoms with van der Waals surface area (Å²) in [5.41, 5.74) is 1.44. The Hall–Kier alpha value is -3.02. The Balaban J connectivity index is 2.05. The molecule has 0 fully saturated rings. The van der Waals surface area contributed by atoms with Crippen molar-refractivity contribution in [2.24, 2.45) is 0 Å². The van der Waals surface area contributed by atoms with Crippen LogP contribution in [-0.2, 0) is 16.0 Å². The van der Waals surface area contributed by atoms with Crippen molar-refractivity contribution in [3.05, 3.63) is 60.2 Å². The Morgan fingerprint density at radius 2 is 1.67 bits per heavy atom. The van der Waals surface area contributed by atoms with Gasteiger partial charge in [-0.2, -0.15) is 0 Å². The summed E-state index contributed by atoms with van der Waals surface area (Å²) < 4.78 is 9.96. The van der Waals surface area contributed by atoms with E-state index in [-0.39, 0.29) is 0 Å². The minimum absolute atomic E-state index is 0.340. The van der Waals surface area contributed by atoms with Gasteiger partial charge in [-0.1, -0.05) is 42.5 Å². The van der Waals surface area contributed by atoms with Gasteiger partial charge in [0.25, 0.3) is 0 Å². The number of esters is 1. The number of carbonyl (C=O) groups is 2. The van der Waals surface area contributed by atoms with Crippen LogP contribution in [0.25, 0.3) is 0 Å². The summed E-state index contributed by atoms with van der Waals surface area (Å²) in [5.74, 6) is 0.0272. The maximum absolute atomic E-state index is 12.2. The van der Waals surface area contributed by atoms with Crippen LogP contribution in [0.5, 0.6) is 5.75 Å². The molecule has 0 bridgehead atoms. The molecular formula is C18H20N2O4. The summed E-state index contributed by atoms with van der Waals surface area (Å²) in [6.45, 7) is 0. The second kappa shape index (κ2) is 8.57. The van der Waals surface area contributed by atoms with Gasteiger partial charge in [-0.25, -0.2) is 9.59 Å². The normalized spacial score (nSPS) is 11.2. The smallest absolute Gasteiger partial charge is 0.328 e. The molecule has 0 aliphatic heterocycles. The first-order valence-corrected chi connectivity index (χ1v) is 7.46. The van der Waals surface area contributed by atoms with Crippen LogP contribution >= 0.6 is 0 Å². The van der Waals surface area contributed by atoms with Gasteiger partial charge in [0.15, 0.2) is 0 Å². The fourth-order valence-electron chi connectivity index (χ4n) is 2.25. The minimum Gasteiger partial charge on any atom is -0.495 e. The van der Waals surface area contributed by atoms with E-state index in [0.717, 1.165) is 5.56 Å². The molecule has 24 heavy (non-hydrogen) atoms. The number of methoxy groups -OCH3 is 2. The van der Waals surface area contributed by atoms with Crippen molar-refractivity contribution in [1.82, 2.24) is 5.32 Å². The van der Waals surface area contributed by atoms with Gasteiger partial charge in [0, 0.05) is 6.42 Å². The third-order valence-corrected chi connectivity index (χ3v) is 3.43. The maximum atomic E-state index is 12.2. The topological polar surface area (TPSA) is 76.7 Å². The molecule has 0 aliphatic rings. The Morgan fingerprint density at radius 3 is 2.33 bits per heavy atom. The number of carbonyl (C=O) groups excluding carboxylic acids is 2. The van der Waals surface area contributed by atoms with Crippen LogP contribution in [0.15, 0.2) is 54.6 Å². The molecule has 0 aromatic heterocycles. The lowest BCUT2D eigenvalue weighted by Gasteiger charge is -2.17. The molecule has 1 atom stereocenters. The second-order valence-corrected chi connectivity index (χ2v) is 5.06. The number of anilines is 1. The average molecular weight is 328 g/mol. The first-order chi connectivity index (χ1) is 11.6. The van der Waals surface area contributed by atoms with E-state index >= 15 is 0 Å². The van der Waals surface area contributed by atoms with E-state index in [0.29, 0.717) is 17.9 Å². The molecule has 6 nitrogen and oxygen atoms in total. The third-order valence-electron chi connectivity index (χ3n) is 3.43. The molecule has 0 heterocycles. The van der Waals surface area contributed by atoms with Crippen LogP contribution in [0, 0.1) is 0 Å². The SMILES string of the molecule is COC(=O)C(Cc1ccccc1)NC(=O)Nc1ccccc1OC. The summed E-state index contributed by atoms with van der Waals surface area (Å²) >= 11 is 0. The highest BCUT2D eigenvalue weighted by Crippen LogP contribution is 2.22. The number of hydrogen-bond acceptors (Lipinski definition) is 4. The summed E-state index contributed by atoms with van der Waals surface area (Å²) in [6, 6.07) is 15.1. The first kappa shape index (κ1) is 17.3. The van der Waals surface area contributed by atoms with Crippen molar-refractivity contribution in [3.8, 4) is 5.75 Å². The highest BCUT2D eigenvalue weighted by atomic mass is 16.5. The molecule has 2 N–H and O–H groups in total. The molecule has 0 spiro atoms. The van der Waals surface area contributed by atoms with Gasteiger partial charge in [0.05, 0.1) is 19.9 Å². The molecule has 0 radical (unpaired) electrons. The van der Waals surface area contributed by atoms with Crippen molar-refractivity contribution < 1.29 is 19.1 Å². The van der Waals surface area contributed by atoms with Gasteiger partial charge in [-0.3, -0.25) is 0 Å². The van der Waals surface area contributed by atoms with E-state index in [1.54, 1.807) is 24.3 Å². The van der Waals surface area contributed by atoms with Gasteiger partial charge < -0.3 is 20.1 Å². The van der Waals surface area contributed by atoms with Crippen LogP contribution in [-0.4, -0.2) is 32.3 Å². The molecule has 0 saturated carbocycles. The monoisotopic (exact) mass is 328 g/mol. The summed E-state index contributed by atoms with van der Waals surface area (Å²) in [6.07, 6.45) is 0.340. The molecule has 6 heteroatoms. The van der Waals surface area contributed by atoms with Gasteiger partial charge in [0.2, 0.25) is 0 Å². The first-order valence-electron chi connectivity index (χ1n) is 7.46. The quantitative estimate of drug-likeness (QED) is 0.799. The molecular weight excluding hydrogens is 308 g/mol. The lowest BCUT2D eigenvalue weighted by molar-refractivity contribution is -0.142. The average Bonchev–Trinajstić information content (AvgIpc) is 2.61. The highest BCUT2D eigenvalue weighted by molar-refractivity contribution is 5.93. The van der Waals surface area contributed by atoms with Gasteiger partial charge in [0.1, 0.15) is 11.8 Å². The number of benzene rings is 2. The number of urea groups is 1. The fraction of sp³-hybridized carbons (Fsp3) is 0.222. The predicted molar refractivity (Wildman–Crippen MR) is 91.1 cm³/mol. The zero-order valence-electron chi connectivity index (χ0n) is 13.6. The number of amides is 2. The predicted octanol–water partition coefficient (Wildman–Crippen LogP) is 2.60. The summed E-state index contributed by atoms with van der Waals surface area (Å²) in [7, 11) is 2.81. The zero-order chi connectivity index (χ0) is 17.4. The molecule has 126 valence electrons. The fourth-order valence-corrected chi connectivity index (χ4v) is 2.25. The summed E-state index contributed by atoms with van der Waals surface area (Å²) in [5, 5.41) is 5.31. The van der Waals surface area contributed by atoms with E-state index in [1.807, 2.05) is 30.3 Å². The summed E-state index contributed by atoms with van der Waals surface area (Å²) in [4.78, 5) is 24.2. The number of hydrogen-bond donors (Lipinski definition) is 2. The third kappa shape index (κ3) is 4.74. The molecule has 2 aromatic rings. The van der Waals surface area contributed by atoms with Crippen molar-refractivity contribution in [2.75, 3.05) is 19.5 Å². The highest BCUT2D eigenvalue weighted by Gasteiger charge is 2.22. The zero-order valence-corrected chi connectivity index (χ0v) is 13.6. The largest absolute Gasteiger partial charge is 0.495 e. The Labute approximate surface area is 140 Å². The Morgan fingerprint density at radius 1 is 1.00 bits per heavy atom. The molecule has 0 aliphatic carbocycles. The second-order valence-electron chi connectivity index (χ2n) is 5.06. The van der Waals surface area contributed by atoms with E-state index < -0.39 is 18.0 Å². The van der Waals surface area contributed by atoms with Crippen molar-refractivity contribution >= 4 is 17.7 Å². The Kier molecular flexibility index (Phi) is 6.19. The van der Waals surface area contributed by atoms with Crippen molar-refractivity contribution in [2.45, 2.75) is 12.5 Å². The molecule has 0 saturated heterocycles. The number of rotatable bonds is 6. The maximum Gasteiger partial charge on any atom is 0.328 e. The van der Waals surface area contributed by atoms with Crippen LogP contribution in [0.4, 0.5) is 10.5 Å². The van der Waals surface area contributed by atoms with Crippen LogP contribution < -0.4 is 15.4 Å². The van der Waals surface area contributed by atoms with Crippen LogP contribution in [0.3, 0.4) is 0 Å². The van der Waals surface area contributed by atoms with Crippen molar-refractivity contribution in [3.63, 3.8) is 0 Å². The lowest BCUT2D eigenvalue weighted by Crippen LogP contribution is -2.45. The number of nitrogens with one attached hydrogen (secondary N) is 2. The van der Waals surface area contributed by atoms with Gasteiger partial charge in [-0.05, 0) is 17.7 Å². The number of ether oxygens (including phenoxy) is 2. The molecule has 2 aromatic carbocycles. The van der Waals surface area contributed by atoms with Crippen molar-refractivity contribution in [1.29, 1.82) is 0 Å². The van der Waals surface area contributed by atoms with Crippen LogP contribution in [0.1, 0.15) is 5.56 Å². The molecule has 2 amide bonds. The number of para-hydroxylation sites is 2. The van der Waals surface area contributed by atoms with Gasteiger partial charge in [-0.15, -0.1) is 0 Å². The minimum atomic E-state index is -0.785. The van der Waals surface area contributed by atoms with E-state index in [4.69, 9.17) is 9.47 Å². The lowest BCUT2D eigenvalue weighted by atomic mass is 10.1. The molecule has 2 rings (SSSR count). The van der Waals surface area contributed by atoms with Gasteiger partial charge >= 0.3 is 12.0 Å². The standard InChI is InChI=1S/C18H20N2O4/c1-23-16-11-7-6-10-14(16)19-18(22)20-15(17(21)24-2)12-13-8-4-3-5-9-13/h3-11,15H,12H2,1-2H3,(H2,19,20,22).